The Balaban J connectivity index is 2.39. The molecule has 0 saturated carbocycles. The molecule has 0 spiro atoms. The van der Waals surface area contributed by atoms with Crippen LogP contribution in [-0.2, 0) is 9.53 Å². The number of hydrogen-bond acceptors (Lipinski definition) is 7. The maximum absolute atomic E-state index is 11.9. The number of ether oxygens (including phenoxy) is 1. The van der Waals surface area contributed by atoms with Crippen molar-refractivity contribution in [2.24, 2.45) is 0 Å². The van der Waals surface area contributed by atoms with Gasteiger partial charge in [-0.25, -0.2) is 4.98 Å². The van der Waals surface area contributed by atoms with Gasteiger partial charge in [0, 0.05) is 5.75 Å². The third-order valence-corrected chi connectivity index (χ3v) is 4.97. The topological polar surface area (TPSA) is 64.1 Å². The first-order chi connectivity index (χ1) is 9.51. The summed E-state index contributed by atoms with van der Waals surface area (Å²) in [7, 11) is 1.44. The van der Waals surface area contributed by atoms with Gasteiger partial charge in [0.25, 0.3) is 0 Å². The lowest BCUT2D eigenvalue weighted by atomic mass is 9.96. The molecule has 1 aromatic rings. The van der Waals surface area contributed by atoms with Crippen LogP contribution in [0.1, 0.15) is 38.9 Å². The van der Waals surface area contributed by atoms with Gasteiger partial charge in [0.05, 0.1) is 7.11 Å². The van der Waals surface area contributed by atoms with Gasteiger partial charge in [-0.1, -0.05) is 18.7 Å². The lowest BCUT2D eigenvalue weighted by Gasteiger charge is -2.27. The Hall–Kier alpha value is -0.660. The summed E-state index contributed by atoms with van der Waals surface area (Å²) in [6.45, 7) is 6.70. The summed E-state index contributed by atoms with van der Waals surface area (Å²) in [5, 5.41) is 3.29. The fraction of sp³-hybridized carbons (Fsp3) is 0.769. The fourth-order valence-corrected chi connectivity index (χ4v) is 3.47. The highest BCUT2D eigenvalue weighted by molar-refractivity contribution is 8.00. The third-order valence-electron chi connectivity index (χ3n) is 2.96. The molecule has 1 aromatic heterocycles. The van der Waals surface area contributed by atoms with Crippen LogP contribution in [0.2, 0.25) is 0 Å². The van der Waals surface area contributed by atoms with E-state index in [0.717, 1.165) is 41.7 Å². The minimum atomic E-state index is -0.595. The highest BCUT2D eigenvalue weighted by Gasteiger charge is 2.32. The van der Waals surface area contributed by atoms with Gasteiger partial charge in [-0.05, 0) is 51.2 Å². The summed E-state index contributed by atoms with van der Waals surface area (Å²) in [4.78, 5) is 16.2. The predicted octanol–water partition coefficient (Wildman–Crippen LogP) is 2.65. The molecule has 0 aliphatic heterocycles. The van der Waals surface area contributed by atoms with Crippen molar-refractivity contribution in [3.05, 3.63) is 5.82 Å². The quantitative estimate of drug-likeness (QED) is 0.429. The molecule has 0 amide bonds. The second kappa shape index (κ2) is 8.59. The summed E-state index contributed by atoms with van der Waals surface area (Å²) in [5.74, 6) is 1.55. The number of carbonyl (C=O) groups excluding carboxylic acids is 1. The maximum atomic E-state index is 11.9. The first-order valence-corrected chi connectivity index (χ1v) is 8.54. The van der Waals surface area contributed by atoms with E-state index >= 15 is 0 Å². The smallest absolute Gasteiger partial charge is 0.325 e. The number of methoxy groups -OCH3 is 1. The monoisotopic (exact) mass is 317 g/mol. The molecule has 1 heterocycles. The summed E-state index contributed by atoms with van der Waals surface area (Å²) in [6, 6.07) is 0. The average Bonchev–Trinajstić information content (AvgIpc) is 2.86. The van der Waals surface area contributed by atoms with Gasteiger partial charge in [0.2, 0.25) is 0 Å². The van der Waals surface area contributed by atoms with Crippen LogP contribution < -0.4 is 5.32 Å². The SMILES string of the molecule is CCCNC(C)(CCCSc1nc(C)ns1)C(=O)OC. The number of thioether (sulfide) groups is 1. The second-order valence-electron chi connectivity index (χ2n) is 4.81. The maximum Gasteiger partial charge on any atom is 0.325 e. The number of rotatable bonds is 9. The first-order valence-electron chi connectivity index (χ1n) is 6.78. The molecular weight excluding hydrogens is 294 g/mol. The molecule has 0 saturated heterocycles. The number of carbonyl (C=O) groups is 1. The minimum Gasteiger partial charge on any atom is -0.468 e. The summed E-state index contributed by atoms with van der Waals surface area (Å²) >= 11 is 3.12. The van der Waals surface area contributed by atoms with E-state index in [4.69, 9.17) is 4.74 Å². The van der Waals surface area contributed by atoms with E-state index in [0.29, 0.717) is 0 Å². The van der Waals surface area contributed by atoms with Crippen molar-refractivity contribution >= 4 is 29.3 Å². The van der Waals surface area contributed by atoms with Gasteiger partial charge in [-0.3, -0.25) is 4.79 Å². The van der Waals surface area contributed by atoms with Crippen LogP contribution in [0.15, 0.2) is 4.34 Å². The van der Waals surface area contributed by atoms with E-state index in [2.05, 4.69) is 21.6 Å². The van der Waals surface area contributed by atoms with Crippen LogP contribution >= 0.6 is 23.3 Å². The standard InChI is InChI=1S/C13H23N3O2S2/c1-5-8-14-13(3,11(17)18-4)7-6-9-19-12-15-10(2)16-20-12/h14H,5-9H2,1-4H3. The highest BCUT2D eigenvalue weighted by atomic mass is 32.2. The second-order valence-corrected chi connectivity index (χ2v) is 6.90. The molecule has 0 aromatic carbocycles. The lowest BCUT2D eigenvalue weighted by Crippen LogP contribution is -2.50. The van der Waals surface area contributed by atoms with Crippen LogP contribution in [0.25, 0.3) is 0 Å². The van der Waals surface area contributed by atoms with E-state index < -0.39 is 5.54 Å². The highest BCUT2D eigenvalue weighted by Crippen LogP contribution is 2.23. The van der Waals surface area contributed by atoms with Gasteiger partial charge in [-0.2, -0.15) is 4.37 Å². The third kappa shape index (κ3) is 5.38. The van der Waals surface area contributed by atoms with Gasteiger partial charge in [0.15, 0.2) is 4.34 Å². The predicted molar refractivity (Wildman–Crippen MR) is 83.3 cm³/mol. The van der Waals surface area contributed by atoms with E-state index in [1.807, 2.05) is 13.8 Å². The molecule has 0 aliphatic carbocycles. The average molecular weight is 317 g/mol. The van der Waals surface area contributed by atoms with E-state index in [9.17, 15) is 4.79 Å². The van der Waals surface area contributed by atoms with Gasteiger partial charge in [0.1, 0.15) is 11.4 Å². The van der Waals surface area contributed by atoms with Crippen molar-refractivity contribution in [1.29, 1.82) is 0 Å². The Labute approximate surface area is 129 Å². The molecule has 1 rings (SSSR count). The molecule has 1 atom stereocenters. The summed E-state index contributed by atoms with van der Waals surface area (Å²) in [5.41, 5.74) is -0.595. The van der Waals surface area contributed by atoms with Crippen molar-refractivity contribution in [2.75, 3.05) is 19.4 Å². The first kappa shape index (κ1) is 17.4. The van der Waals surface area contributed by atoms with E-state index in [1.54, 1.807) is 11.8 Å². The fourth-order valence-electron chi connectivity index (χ4n) is 1.81. The van der Waals surface area contributed by atoms with Crippen LogP contribution in [0.5, 0.6) is 0 Å². The Morgan fingerprint density at radius 2 is 2.30 bits per heavy atom. The van der Waals surface area contributed by atoms with Gasteiger partial charge < -0.3 is 10.1 Å². The molecule has 0 radical (unpaired) electrons. The number of esters is 1. The van der Waals surface area contributed by atoms with Crippen LogP contribution in [0.3, 0.4) is 0 Å². The normalized spacial score (nSPS) is 14.0. The number of hydrogen-bond donors (Lipinski definition) is 1. The number of nitrogens with one attached hydrogen (secondary N) is 1. The Morgan fingerprint density at radius 1 is 1.55 bits per heavy atom. The Bertz CT molecular complexity index is 426. The molecule has 114 valence electrons. The summed E-state index contributed by atoms with van der Waals surface area (Å²) < 4.78 is 10.0. The van der Waals surface area contributed by atoms with Gasteiger partial charge >= 0.3 is 5.97 Å². The van der Waals surface area contributed by atoms with Crippen LogP contribution in [0.4, 0.5) is 0 Å². The number of aryl methyl sites for hydroxylation is 1. The molecular formula is C13H23N3O2S2. The molecule has 0 fully saturated rings. The minimum absolute atomic E-state index is 0.192. The largest absolute Gasteiger partial charge is 0.468 e. The van der Waals surface area contributed by atoms with Crippen LogP contribution in [0, 0.1) is 6.92 Å². The van der Waals surface area contributed by atoms with Crippen molar-refractivity contribution in [1.82, 2.24) is 14.7 Å². The molecule has 7 heteroatoms. The van der Waals surface area contributed by atoms with Crippen molar-refractivity contribution < 1.29 is 9.53 Å². The summed E-state index contributed by atoms with van der Waals surface area (Å²) in [6.07, 6.45) is 2.67. The van der Waals surface area contributed by atoms with Gasteiger partial charge in [-0.15, -0.1) is 0 Å². The molecule has 5 nitrogen and oxygen atoms in total. The van der Waals surface area contributed by atoms with Crippen molar-refractivity contribution in [3.8, 4) is 0 Å². The molecule has 0 aliphatic rings. The number of aromatic nitrogens is 2. The molecule has 0 bridgehead atoms. The Kier molecular flexibility index (Phi) is 7.47. The van der Waals surface area contributed by atoms with Crippen molar-refractivity contribution in [3.63, 3.8) is 0 Å². The molecule has 20 heavy (non-hydrogen) atoms. The van der Waals surface area contributed by atoms with Crippen molar-refractivity contribution in [2.45, 2.75) is 49.9 Å². The zero-order valence-corrected chi connectivity index (χ0v) is 14.2. The lowest BCUT2D eigenvalue weighted by molar-refractivity contribution is -0.148. The zero-order chi connectivity index (χ0) is 15.0. The van der Waals surface area contributed by atoms with E-state index in [1.165, 1.54) is 18.6 Å². The van der Waals surface area contributed by atoms with E-state index in [-0.39, 0.29) is 5.97 Å². The molecule has 1 unspecified atom stereocenters. The van der Waals surface area contributed by atoms with Crippen LogP contribution in [-0.4, -0.2) is 40.3 Å². The number of nitrogens with zero attached hydrogens (tertiary/aromatic N) is 2. The zero-order valence-electron chi connectivity index (χ0n) is 12.6. The Morgan fingerprint density at radius 3 is 2.85 bits per heavy atom. The molecule has 1 N–H and O–H groups in total.